The zero-order valence-electron chi connectivity index (χ0n) is 13.5. The highest BCUT2D eigenvalue weighted by Crippen LogP contribution is 2.28. The van der Waals surface area contributed by atoms with Crippen LogP contribution in [0.3, 0.4) is 0 Å². The Kier molecular flexibility index (Phi) is 5.80. The van der Waals surface area contributed by atoms with Gasteiger partial charge >= 0.3 is 0 Å². The molecule has 3 nitrogen and oxygen atoms in total. The predicted octanol–water partition coefficient (Wildman–Crippen LogP) is 4.05. The fourth-order valence-corrected chi connectivity index (χ4v) is 2.94. The van der Waals surface area contributed by atoms with Crippen molar-refractivity contribution in [1.82, 2.24) is 5.32 Å². The summed E-state index contributed by atoms with van der Waals surface area (Å²) in [5.41, 5.74) is 3.64. The van der Waals surface area contributed by atoms with Gasteiger partial charge in [-0.25, -0.2) is 0 Å². The summed E-state index contributed by atoms with van der Waals surface area (Å²) in [4.78, 5) is 11.6. The Balaban J connectivity index is 2.17. The molecule has 1 unspecified atom stereocenters. The molecule has 1 aromatic rings. The van der Waals surface area contributed by atoms with Crippen LogP contribution in [-0.2, 0) is 11.2 Å². The topological polar surface area (TPSA) is 41.1 Å². The first-order chi connectivity index (χ1) is 10.1. The summed E-state index contributed by atoms with van der Waals surface area (Å²) >= 11 is 0. The van der Waals surface area contributed by atoms with Gasteiger partial charge in [-0.3, -0.25) is 4.79 Å². The van der Waals surface area contributed by atoms with E-state index in [1.54, 1.807) is 0 Å². The molecule has 0 spiro atoms. The van der Waals surface area contributed by atoms with Crippen LogP contribution in [0.4, 0.5) is 5.69 Å². The molecule has 1 atom stereocenters. The van der Waals surface area contributed by atoms with Crippen molar-refractivity contribution >= 4 is 11.6 Å². The maximum absolute atomic E-state index is 11.6. The van der Waals surface area contributed by atoms with Crippen LogP contribution < -0.4 is 10.6 Å². The first-order valence-corrected chi connectivity index (χ1v) is 8.26. The Hall–Kier alpha value is -1.35. The van der Waals surface area contributed by atoms with Crippen molar-refractivity contribution in [3.8, 4) is 0 Å². The van der Waals surface area contributed by atoms with Crippen LogP contribution in [0.15, 0.2) is 18.2 Å². The standard InChI is InChI=1S/C18H28N2O/c1-4-19-16(10-8-13(2)3)15-9-11-17-14(12-15)6-5-7-18(21)20-17/h9,11-13,16,19H,4-8,10H2,1-3H3,(H,20,21). The van der Waals surface area contributed by atoms with Gasteiger partial charge in [-0.15, -0.1) is 0 Å². The van der Waals surface area contributed by atoms with Crippen molar-refractivity contribution in [3.63, 3.8) is 0 Å². The minimum absolute atomic E-state index is 0.143. The van der Waals surface area contributed by atoms with E-state index in [0.717, 1.165) is 37.4 Å². The molecule has 1 amide bonds. The largest absolute Gasteiger partial charge is 0.326 e. The Morgan fingerprint density at radius 2 is 2.05 bits per heavy atom. The predicted molar refractivity (Wildman–Crippen MR) is 88.5 cm³/mol. The zero-order chi connectivity index (χ0) is 15.2. The smallest absolute Gasteiger partial charge is 0.224 e. The SMILES string of the molecule is CCNC(CCC(C)C)c1ccc2c(c1)CCCC(=O)N2. The number of amides is 1. The van der Waals surface area contributed by atoms with Crippen molar-refractivity contribution in [2.45, 2.75) is 58.9 Å². The molecule has 0 bridgehead atoms. The molecule has 21 heavy (non-hydrogen) atoms. The number of carbonyl (C=O) groups excluding carboxylic acids is 1. The van der Waals surface area contributed by atoms with Gasteiger partial charge in [0.05, 0.1) is 0 Å². The van der Waals surface area contributed by atoms with Crippen LogP contribution in [0.1, 0.15) is 63.6 Å². The molecule has 0 aliphatic carbocycles. The lowest BCUT2D eigenvalue weighted by atomic mass is 9.95. The van der Waals surface area contributed by atoms with E-state index in [-0.39, 0.29) is 5.91 Å². The molecule has 1 heterocycles. The number of hydrogen-bond donors (Lipinski definition) is 2. The molecule has 116 valence electrons. The van der Waals surface area contributed by atoms with Gasteiger partial charge in [0.15, 0.2) is 0 Å². The average molecular weight is 288 g/mol. The summed E-state index contributed by atoms with van der Waals surface area (Å²) < 4.78 is 0. The lowest BCUT2D eigenvalue weighted by Gasteiger charge is -2.21. The third kappa shape index (κ3) is 4.57. The maximum atomic E-state index is 11.6. The highest BCUT2D eigenvalue weighted by molar-refractivity contribution is 5.92. The van der Waals surface area contributed by atoms with E-state index >= 15 is 0 Å². The summed E-state index contributed by atoms with van der Waals surface area (Å²) in [5, 5.41) is 6.61. The summed E-state index contributed by atoms with van der Waals surface area (Å²) in [6.07, 6.45) is 4.96. The summed E-state index contributed by atoms with van der Waals surface area (Å²) in [5.74, 6) is 0.871. The molecule has 0 saturated carbocycles. The summed E-state index contributed by atoms with van der Waals surface area (Å²) in [6, 6.07) is 6.95. The molecule has 0 aromatic heterocycles. The van der Waals surface area contributed by atoms with E-state index < -0.39 is 0 Å². The Labute approximate surface area is 128 Å². The quantitative estimate of drug-likeness (QED) is 0.829. The number of aryl methyl sites for hydroxylation is 1. The van der Waals surface area contributed by atoms with Crippen molar-refractivity contribution in [2.24, 2.45) is 5.92 Å². The lowest BCUT2D eigenvalue weighted by molar-refractivity contribution is -0.116. The average Bonchev–Trinajstić information content (AvgIpc) is 2.63. The van der Waals surface area contributed by atoms with Crippen LogP contribution >= 0.6 is 0 Å². The van der Waals surface area contributed by atoms with Gasteiger partial charge in [-0.1, -0.05) is 32.9 Å². The Morgan fingerprint density at radius 1 is 1.24 bits per heavy atom. The molecular weight excluding hydrogens is 260 g/mol. The molecule has 1 aromatic carbocycles. The van der Waals surface area contributed by atoms with Gasteiger partial charge in [0.1, 0.15) is 0 Å². The van der Waals surface area contributed by atoms with E-state index in [0.29, 0.717) is 12.5 Å². The van der Waals surface area contributed by atoms with E-state index in [4.69, 9.17) is 0 Å². The van der Waals surface area contributed by atoms with Crippen LogP contribution in [-0.4, -0.2) is 12.5 Å². The molecule has 3 heteroatoms. The normalized spacial score (nSPS) is 16.3. The molecule has 0 radical (unpaired) electrons. The molecule has 1 aliphatic rings. The Morgan fingerprint density at radius 3 is 2.76 bits per heavy atom. The maximum Gasteiger partial charge on any atom is 0.224 e. The second kappa shape index (κ2) is 7.60. The molecule has 2 N–H and O–H groups in total. The monoisotopic (exact) mass is 288 g/mol. The summed E-state index contributed by atoms with van der Waals surface area (Å²) in [7, 11) is 0. The number of nitrogens with one attached hydrogen (secondary N) is 2. The number of hydrogen-bond acceptors (Lipinski definition) is 2. The Bertz CT molecular complexity index is 482. The molecule has 2 rings (SSSR count). The number of anilines is 1. The van der Waals surface area contributed by atoms with E-state index in [1.165, 1.54) is 17.5 Å². The number of fused-ring (bicyclic) bond motifs is 1. The minimum Gasteiger partial charge on any atom is -0.326 e. The van der Waals surface area contributed by atoms with Crippen LogP contribution in [0.2, 0.25) is 0 Å². The highest BCUT2D eigenvalue weighted by atomic mass is 16.1. The van der Waals surface area contributed by atoms with Crippen molar-refractivity contribution < 1.29 is 4.79 Å². The van der Waals surface area contributed by atoms with Crippen LogP contribution in [0.25, 0.3) is 0 Å². The minimum atomic E-state index is 0.143. The van der Waals surface area contributed by atoms with Crippen LogP contribution in [0, 0.1) is 5.92 Å². The molecular formula is C18H28N2O. The van der Waals surface area contributed by atoms with Gasteiger partial charge in [-0.05, 0) is 55.3 Å². The van der Waals surface area contributed by atoms with E-state index in [2.05, 4.69) is 49.6 Å². The van der Waals surface area contributed by atoms with Gasteiger partial charge in [0.2, 0.25) is 5.91 Å². The fourth-order valence-electron chi connectivity index (χ4n) is 2.94. The number of benzene rings is 1. The number of carbonyl (C=O) groups is 1. The van der Waals surface area contributed by atoms with Gasteiger partial charge in [-0.2, -0.15) is 0 Å². The number of rotatable bonds is 6. The van der Waals surface area contributed by atoms with E-state index in [1.807, 2.05) is 0 Å². The first kappa shape index (κ1) is 16.0. The molecule has 1 aliphatic heterocycles. The van der Waals surface area contributed by atoms with Crippen molar-refractivity contribution in [2.75, 3.05) is 11.9 Å². The van der Waals surface area contributed by atoms with Gasteiger partial charge < -0.3 is 10.6 Å². The van der Waals surface area contributed by atoms with Gasteiger partial charge in [0.25, 0.3) is 0 Å². The molecule has 0 saturated heterocycles. The first-order valence-electron chi connectivity index (χ1n) is 8.26. The second-order valence-corrected chi connectivity index (χ2v) is 6.40. The highest BCUT2D eigenvalue weighted by Gasteiger charge is 2.16. The van der Waals surface area contributed by atoms with E-state index in [9.17, 15) is 4.79 Å². The zero-order valence-corrected chi connectivity index (χ0v) is 13.5. The van der Waals surface area contributed by atoms with Crippen molar-refractivity contribution in [3.05, 3.63) is 29.3 Å². The fraction of sp³-hybridized carbons (Fsp3) is 0.611. The van der Waals surface area contributed by atoms with Crippen LogP contribution in [0.5, 0.6) is 0 Å². The van der Waals surface area contributed by atoms with Crippen molar-refractivity contribution in [1.29, 1.82) is 0 Å². The third-order valence-corrected chi connectivity index (χ3v) is 4.14. The molecule has 0 fully saturated rings. The second-order valence-electron chi connectivity index (χ2n) is 6.40. The third-order valence-electron chi connectivity index (χ3n) is 4.14. The lowest BCUT2D eigenvalue weighted by Crippen LogP contribution is -2.21. The summed E-state index contributed by atoms with van der Waals surface area (Å²) in [6.45, 7) is 7.69. The van der Waals surface area contributed by atoms with Gasteiger partial charge in [0, 0.05) is 18.2 Å².